The second kappa shape index (κ2) is 10.6. The first kappa shape index (κ1) is 24.3. The quantitative estimate of drug-likeness (QED) is 0.460. The van der Waals surface area contributed by atoms with E-state index < -0.39 is 11.5 Å². The van der Waals surface area contributed by atoms with Gasteiger partial charge < -0.3 is 15.2 Å². The smallest absolute Gasteiger partial charge is 0.234 e. The molecule has 34 heavy (non-hydrogen) atoms. The molecule has 4 rings (SSSR count). The topological polar surface area (TPSA) is 61.8 Å². The summed E-state index contributed by atoms with van der Waals surface area (Å²) in [5, 5.41) is 15.4. The highest BCUT2D eigenvalue weighted by molar-refractivity contribution is 6.30. The van der Waals surface area contributed by atoms with Gasteiger partial charge in [-0.1, -0.05) is 60.1 Å². The fourth-order valence-corrected chi connectivity index (χ4v) is 5.02. The Morgan fingerprint density at radius 3 is 2.26 bits per heavy atom. The molecule has 1 aliphatic rings. The maximum absolute atomic E-state index is 13.5. The largest absolute Gasteiger partial charge is 0.496 e. The fourth-order valence-electron chi connectivity index (χ4n) is 4.89. The molecule has 178 valence electrons. The summed E-state index contributed by atoms with van der Waals surface area (Å²) in [4.78, 5) is 15.8. The third-order valence-corrected chi connectivity index (χ3v) is 7.10. The number of ether oxygens (including phenoxy) is 1. The number of nitrogens with zero attached hydrogens (tertiary/aromatic N) is 1. The van der Waals surface area contributed by atoms with E-state index in [0.29, 0.717) is 36.6 Å². The summed E-state index contributed by atoms with van der Waals surface area (Å²) in [6.07, 6.45) is 0.948. The van der Waals surface area contributed by atoms with Crippen LogP contribution >= 0.6 is 11.6 Å². The number of halogens is 1. The van der Waals surface area contributed by atoms with E-state index in [0.717, 1.165) is 16.9 Å². The molecular formula is C28H31ClN2O3. The minimum Gasteiger partial charge on any atom is -0.496 e. The molecule has 0 radical (unpaired) electrons. The minimum atomic E-state index is -1.18. The van der Waals surface area contributed by atoms with Crippen LogP contribution in [0.4, 0.5) is 5.69 Å². The van der Waals surface area contributed by atoms with Crippen molar-refractivity contribution < 1.29 is 14.6 Å². The number of methoxy groups -OCH3 is 1. The van der Waals surface area contributed by atoms with E-state index in [4.69, 9.17) is 16.3 Å². The zero-order valence-corrected chi connectivity index (χ0v) is 20.3. The summed E-state index contributed by atoms with van der Waals surface area (Å²) >= 11 is 6.10. The highest BCUT2D eigenvalue weighted by atomic mass is 35.5. The van der Waals surface area contributed by atoms with Gasteiger partial charge in [0, 0.05) is 35.4 Å². The first-order valence-corrected chi connectivity index (χ1v) is 12.0. The van der Waals surface area contributed by atoms with Gasteiger partial charge in [0.1, 0.15) is 5.75 Å². The average Bonchev–Trinajstić information content (AvgIpc) is 2.86. The lowest BCUT2D eigenvalue weighted by molar-refractivity contribution is -0.127. The normalized spacial score (nSPS) is 17.5. The predicted molar refractivity (Wildman–Crippen MR) is 136 cm³/mol. The summed E-state index contributed by atoms with van der Waals surface area (Å²) in [6.45, 7) is 3.48. The van der Waals surface area contributed by atoms with Crippen LogP contribution in [0.1, 0.15) is 42.9 Å². The summed E-state index contributed by atoms with van der Waals surface area (Å²) in [5.74, 6) is -0.0759. The van der Waals surface area contributed by atoms with Gasteiger partial charge in [0.2, 0.25) is 5.91 Å². The Hall–Kier alpha value is -2.86. The van der Waals surface area contributed by atoms with Crippen LogP contribution in [0.5, 0.6) is 5.75 Å². The molecule has 1 saturated heterocycles. The summed E-state index contributed by atoms with van der Waals surface area (Å²) < 4.78 is 5.55. The van der Waals surface area contributed by atoms with Gasteiger partial charge in [-0.05, 0) is 55.7 Å². The number of anilines is 1. The SMILES string of the molecule is COc1ccccc1C(C)N1CCC(O)(C(C(=O)Nc2ccccc2)c2ccc(Cl)cc2)CC1. The molecule has 0 aromatic heterocycles. The lowest BCUT2D eigenvalue weighted by Gasteiger charge is -2.44. The van der Waals surface area contributed by atoms with E-state index in [-0.39, 0.29) is 11.9 Å². The number of likely N-dealkylation sites (tertiary alicyclic amines) is 1. The Morgan fingerprint density at radius 2 is 1.62 bits per heavy atom. The van der Waals surface area contributed by atoms with E-state index in [1.165, 1.54) is 0 Å². The first-order valence-electron chi connectivity index (χ1n) is 11.6. The van der Waals surface area contributed by atoms with E-state index in [9.17, 15) is 9.90 Å². The van der Waals surface area contributed by atoms with E-state index in [1.807, 2.05) is 60.7 Å². The van der Waals surface area contributed by atoms with Crippen molar-refractivity contribution in [2.24, 2.45) is 0 Å². The number of aliphatic hydroxyl groups is 1. The molecule has 0 aliphatic carbocycles. The molecule has 3 aromatic rings. The standard InChI is InChI=1S/C28H31ClN2O3/c1-20(24-10-6-7-11-25(24)34-2)31-18-16-28(33,17-19-31)26(21-12-14-22(29)15-13-21)27(32)30-23-8-4-3-5-9-23/h3-15,20,26,33H,16-19H2,1-2H3,(H,30,32). The van der Waals surface area contributed by atoms with Crippen molar-refractivity contribution in [3.63, 3.8) is 0 Å². The third-order valence-electron chi connectivity index (χ3n) is 6.84. The van der Waals surface area contributed by atoms with Crippen molar-refractivity contribution in [2.75, 3.05) is 25.5 Å². The highest BCUT2D eigenvalue weighted by Gasteiger charge is 2.45. The fraction of sp³-hybridized carbons (Fsp3) is 0.321. The molecule has 0 spiro atoms. The third kappa shape index (κ3) is 5.27. The Morgan fingerprint density at radius 1 is 1.00 bits per heavy atom. The molecule has 6 heteroatoms. The highest BCUT2D eigenvalue weighted by Crippen LogP contribution is 2.40. The summed E-state index contributed by atoms with van der Waals surface area (Å²) in [6, 6.07) is 24.7. The Bertz CT molecular complexity index is 1100. The molecular weight excluding hydrogens is 448 g/mol. The van der Waals surface area contributed by atoms with E-state index >= 15 is 0 Å². The number of hydrogen-bond acceptors (Lipinski definition) is 4. The van der Waals surface area contributed by atoms with Gasteiger partial charge in [-0.3, -0.25) is 9.69 Å². The average molecular weight is 479 g/mol. The van der Waals surface area contributed by atoms with Gasteiger partial charge in [0.15, 0.2) is 0 Å². The monoisotopic (exact) mass is 478 g/mol. The van der Waals surface area contributed by atoms with Crippen molar-refractivity contribution in [3.8, 4) is 5.75 Å². The maximum Gasteiger partial charge on any atom is 0.234 e. The van der Waals surface area contributed by atoms with Crippen LogP contribution in [0.25, 0.3) is 0 Å². The molecule has 2 unspecified atom stereocenters. The Labute approximate surface area is 206 Å². The molecule has 0 saturated carbocycles. The van der Waals surface area contributed by atoms with Crippen LogP contribution in [0.15, 0.2) is 78.9 Å². The zero-order chi connectivity index (χ0) is 24.1. The lowest BCUT2D eigenvalue weighted by Crippen LogP contribution is -2.51. The van der Waals surface area contributed by atoms with Crippen molar-refractivity contribution in [2.45, 2.75) is 37.3 Å². The number of carbonyl (C=O) groups is 1. The Balaban J connectivity index is 1.56. The number of carbonyl (C=O) groups excluding carboxylic acids is 1. The second-order valence-corrected chi connectivity index (χ2v) is 9.33. The predicted octanol–water partition coefficient (Wildman–Crippen LogP) is 5.66. The summed E-state index contributed by atoms with van der Waals surface area (Å²) in [5.41, 5.74) is 1.40. The van der Waals surface area contributed by atoms with E-state index in [1.54, 1.807) is 19.2 Å². The maximum atomic E-state index is 13.5. The number of rotatable bonds is 7. The van der Waals surface area contributed by atoms with Gasteiger partial charge in [-0.15, -0.1) is 0 Å². The van der Waals surface area contributed by atoms with Crippen molar-refractivity contribution in [1.29, 1.82) is 0 Å². The number of hydrogen-bond donors (Lipinski definition) is 2. The molecule has 5 nitrogen and oxygen atoms in total. The van der Waals surface area contributed by atoms with Gasteiger partial charge in [-0.2, -0.15) is 0 Å². The first-order chi connectivity index (χ1) is 16.4. The molecule has 1 amide bonds. The van der Waals surface area contributed by atoms with Crippen LogP contribution in [-0.2, 0) is 4.79 Å². The summed E-state index contributed by atoms with van der Waals surface area (Å²) in [7, 11) is 1.68. The van der Waals surface area contributed by atoms with Gasteiger partial charge in [0.05, 0.1) is 18.6 Å². The number of para-hydroxylation sites is 2. The molecule has 1 heterocycles. The lowest BCUT2D eigenvalue weighted by atomic mass is 9.75. The van der Waals surface area contributed by atoms with Crippen LogP contribution in [0.2, 0.25) is 5.02 Å². The van der Waals surface area contributed by atoms with Crippen LogP contribution < -0.4 is 10.1 Å². The molecule has 1 fully saturated rings. The molecule has 0 bridgehead atoms. The van der Waals surface area contributed by atoms with Crippen molar-refractivity contribution >= 4 is 23.2 Å². The Kier molecular flexibility index (Phi) is 7.57. The van der Waals surface area contributed by atoms with E-state index in [2.05, 4.69) is 23.2 Å². The second-order valence-electron chi connectivity index (χ2n) is 8.90. The molecule has 2 N–H and O–H groups in total. The molecule has 1 aliphatic heterocycles. The molecule has 2 atom stereocenters. The number of nitrogens with one attached hydrogen (secondary N) is 1. The zero-order valence-electron chi connectivity index (χ0n) is 19.6. The number of amides is 1. The van der Waals surface area contributed by atoms with Gasteiger partial charge in [-0.25, -0.2) is 0 Å². The minimum absolute atomic E-state index is 0.132. The van der Waals surface area contributed by atoms with Crippen molar-refractivity contribution in [1.82, 2.24) is 4.90 Å². The van der Waals surface area contributed by atoms with Crippen molar-refractivity contribution in [3.05, 3.63) is 95.0 Å². The number of piperidine rings is 1. The number of benzene rings is 3. The molecule has 3 aromatic carbocycles. The van der Waals surface area contributed by atoms with Gasteiger partial charge >= 0.3 is 0 Å². The van der Waals surface area contributed by atoms with Crippen LogP contribution in [-0.4, -0.2) is 41.7 Å². The van der Waals surface area contributed by atoms with Gasteiger partial charge in [0.25, 0.3) is 0 Å². The van der Waals surface area contributed by atoms with Crippen LogP contribution in [0, 0.1) is 0 Å². The van der Waals surface area contributed by atoms with Crippen LogP contribution in [0.3, 0.4) is 0 Å².